The minimum absolute atomic E-state index is 0.0695. The summed E-state index contributed by atoms with van der Waals surface area (Å²) in [4.78, 5) is 11.9. The summed E-state index contributed by atoms with van der Waals surface area (Å²) in [6, 6.07) is 9.81. The molecule has 2 aliphatic rings. The zero-order valence-electron chi connectivity index (χ0n) is 17.0. The highest BCUT2D eigenvalue weighted by molar-refractivity contribution is 7.92. The van der Waals surface area contributed by atoms with Crippen molar-refractivity contribution < 1.29 is 30.8 Å². The number of sulfone groups is 1. The summed E-state index contributed by atoms with van der Waals surface area (Å²) in [5, 5.41) is 3.29. The van der Waals surface area contributed by atoms with Crippen LogP contribution in [0.4, 0.5) is 23.2 Å². The topological polar surface area (TPSA) is 75.3 Å². The SMILES string of the molecule is O=C(N[C@H]1CC[C@](F)(S(=O)(=O)c2cccc(C(F)(F)F)c2)CC1)C1Cc2ccccc2N1. The number of rotatable bonds is 4. The fourth-order valence-corrected chi connectivity index (χ4v) is 6.01. The lowest BCUT2D eigenvalue weighted by atomic mass is 9.93. The average Bonchev–Trinajstić information content (AvgIpc) is 3.19. The van der Waals surface area contributed by atoms with E-state index in [1.807, 2.05) is 24.3 Å². The Morgan fingerprint density at radius 2 is 1.75 bits per heavy atom. The maximum atomic E-state index is 15.5. The number of nitrogens with one attached hydrogen (secondary N) is 2. The van der Waals surface area contributed by atoms with E-state index in [0.717, 1.165) is 29.4 Å². The third kappa shape index (κ3) is 4.20. The van der Waals surface area contributed by atoms with Crippen molar-refractivity contribution in [2.75, 3.05) is 5.32 Å². The zero-order chi connectivity index (χ0) is 23.1. The Balaban J connectivity index is 1.40. The van der Waals surface area contributed by atoms with Gasteiger partial charge in [0.2, 0.25) is 20.7 Å². The predicted octanol–water partition coefficient (Wildman–Crippen LogP) is 4.24. The molecule has 0 saturated heterocycles. The second-order valence-electron chi connectivity index (χ2n) is 8.25. The molecule has 2 aromatic rings. The van der Waals surface area contributed by atoms with Crippen LogP contribution in [0.25, 0.3) is 0 Å². The molecule has 1 atom stereocenters. The number of anilines is 1. The number of hydrogen-bond donors (Lipinski definition) is 2. The summed E-state index contributed by atoms with van der Waals surface area (Å²) in [5.41, 5.74) is 0.755. The maximum Gasteiger partial charge on any atom is 0.416 e. The first-order valence-corrected chi connectivity index (χ1v) is 11.7. The molecule has 1 amide bonds. The molecule has 1 unspecified atom stereocenters. The van der Waals surface area contributed by atoms with Gasteiger partial charge in [0, 0.05) is 18.2 Å². The number of benzene rings is 2. The third-order valence-corrected chi connectivity index (χ3v) is 8.37. The number of carbonyl (C=O) groups is 1. The highest BCUT2D eigenvalue weighted by Crippen LogP contribution is 2.41. The van der Waals surface area contributed by atoms with Crippen LogP contribution in [0, 0.1) is 0 Å². The Kier molecular flexibility index (Phi) is 5.68. The first-order valence-electron chi connectivity index (χ1n) is 10.3. The molecule has 1 saturated carbocycles. The largest absolute Gasteiger partial charge is 0.416 e. The van der Waals surface area contributed by atoms with Crippen LogP contribution in [0.15, 0.2) is 53.4 Å². The fraction of sp³-hybridized carbons (Fsp3) is 0.409. The van der Waals surface area contributed by atoms with Gasteiger partial charge in [0.25, 0.3) is 0 Å². The standard InChI is InChI=1S/C22H22F4N2O3S/c23-21(32(30,31)17-6-3-5-15(13-17)22(24,25)26)10-8-16(9-11-21)27-20(29)19-12-14-4-1-2-7-18(14)28-19/h1-7,13,16,19,28H,8-12H2,(H,27,29)/t16-,19?,21-. The van der Waals surface area contributed by atoms with Crippen LogP contribution in [0.2, 0.25) is 0 Å². The number of halogens is 4. The van der Waals surface area contributed by atoms with Crippen LogP contribution in [0.1, 0.15) is 36.8 Å². The van der Waals surface area contributed by atoms with E-state index in [1.165, 1.54) is 0 Å². The Bertz CT molecular complexity index is 1100. The molecule has 0 bridgehead atoms. The van der Waals surface area contributed by atoms with Crippen molar-refractivity contribution >= 4 is 21.4 Å². The van der Waals surface area contributed by atoms with Crippen LogP contribution < -0.4 is 10.6 Å². The van der Waals surface area contributed by atoms with Crippen LogP contribution in [0.3, 0.4) is 0 Å². The molecule has 5 nitrogen and oxygen atoms in total. The molecule has 0 aromatic heterocycles. The summed E-state index contributed by atoms with van der Waals surface area (Å²) in [6.45, 7) is 0. The smallest absolute Gasteiger partial charge is 0.373 e. The van der Waals surface area contributed by atoms with Crippen LogP contribution in [0.5, 0.6) is 0 Å². The van der Waals surface area contributed by atoms with E-state index in [1.54, 1.807) is 0 Å². The molecule has 1 fully saturated rings. The van der Waals surface area contributed by atoms with Crippen molar-refractivity contribution in [3.05, 3.63) is 59.7 Å². The van der Waals surface area contributed by atoms with Gasteiger partial charge >= 0.3 is 6.18 Å². The van der Waals surface area contributed by atoms with Gasteiger partial charge in [-0.1, -0.05) is 24.3 Å². The van der Waals surface area contributed by atoms with E-state index in [-0.39, 0.29) is 18.7 Å². The van der Waals surface area contributed by atoms with Crippen LogP contribution >= 0.6 is 0 Å². The van der Waals surface area contributed by atoms with E-state index in [4.69, 9.17) is 0 Å². The molecule has 2 N–H and O–H groups in total. The Morgan fingerprint density at radius 1 is 1.06 bits per heavy atom. The van der Waals surface area contributed by atoms with Gasteiger partial charge in [-0.3, -0.25) is 4.79 Å². The van der Waals surface area contributed by atoms with Crippen molar-refractivity contribution in [1.82, 2.24) is 5.32 Å². The van der Waals surface area contributed by atoms with E-state index in [2.05, 4.69) is 10.6 Å². The van der Waals surface area contributed by atoms with Crippen LogP contribution in [-0.2, 0) is 27.2 Å². The first kappa shape index (κ1) is 22.6. The number of para-hydroxylation sites is 1. The minimum atomic E-state index is -4.73. The lowest BCUT2D eigenvalue weighted by Gasteiger charge is -2.34. The first-order chi connectivity index (χ1) is 15.0. The molecule has 32 heavy (non-hydrogen) atoms. The number of amides is 1. The maximum absolute atomic E-state index is 15.5. The van der Waals surface area contributed by atoms with Crippen molar-refractivity contribution in [2.45, 2.75) is 60.3 Å². The Morgan fingerprint density at radius 3 is 2.41 bits per heavy atom. The molecular weight excluding hydrogens is 448 g/mol. The van der Waals surface area contributed by atoms with E-state index in [9.17, 15) is 26.4 Å². The summed E-state index contributed by atoms with van der Waals surface area (Å²) >= 11 is 0. The quantitative estimate of drug-likeness (QED) is 0.656. The van der Waals surface area contributed by atoms with Crippen molar-refractivity contribution in [1.29, 1.82) is 0 Å². The predicted molar refractivity (Wildman–Crippen MR) is 110 cm³/mol. The van der Waals surface area contributed by atoms with E-state index >= 15 is 4.39 Å². The highest BCUT2D eigenvalue weighted by atomic mass is 32.2. The third-order valence-electron chi connectivity index (χ3n) is 6.12. The molecule has 2 aromatic carbocycles. The number of carbonyl (C=O) groups excluding carboxylic acids is 1. The Labute approximate surface area is 183 Å². The molecule has 172 valence electrons. The summed E-state index contributed by atoms with van der Waals surface area (Å²) in [6.07, 6.45) is -4.89. The van der Waals surface area contributed by atoms with E-state index < -0.39 is 56.4 Å². The number of fused-ring (bicyclic) bond motifs is 1. The minimum Gasteiger partial charge on any atom is -0.373 e. The molecule has 1 aliphatic carbocycles. The van der Waals surface area contributed by atoms with Crippen molar-refractivity contribution in [3.8, 4) is 0 Å². The monoisotopic (exact) mass is 470 g/mol. The van der Waals surface area contributed by atoms with Crippen molar-refractivity contribution in [3.63, 3.8) is 0 Å². The second kappa shape index (κ2) is 8.06. The molecule has 1 aliphatic heterocycles. The molecule has 10 heteroatoms. The highest BCUT2D eigenvalue weighted by Gasteiger charge is 2.48. The summed E-state index contributed by atoms with van der Waals surface area (Å²) < 4.78 is 79.9. The van der Waals surface area contributed by atoms with Gasteiger partial charge in [-0.05, 0) is 55.5 Å². The van der Waals surface area contributed by atoms with Gasteiger partial charge in [-0.25, -0.2) is 12.8 Å². The van der Waals surface area contributed by atoms with Gasteiger partial charge < -0.3 is 10.6 Å². The Hall–Kier alpha value is -2.62. The zero-order valence-corrected chi connectivity index (χ0v) is 17.8. The normalized spacial score (nSPS) is 25.6. The second-order valence-corrected chi connectivity index (χ2v) is 10.5. The van der Waals surface area contributed by atoms with Gasteiger partial charge in [0.1, 0.15) is 6.04 Å². The van der Waals surface area contributed by atoms with Gasteiger partial charge in [0.05, 0.1) is 10.5 Å². The van der Waals surface area contributed by atoms with Gasteiger partial charge in [0.15, 0.2) is 0 Å². The molecule has 0 spiro atoms. The number of alkyl halides is 4. The molecular formula is C22H22F4N2O3S. The van der Waals surface area contributed by atoms with Crippen LogP contribution in [-0.4, -0.2) is 31.4 Å². The average molecular weight is 470 g/mol. The molecule has 4 rings (SSSR count). The fourth-order valence-electron chi connectivity index (χ4n) is 4.27. The van der Waals surface area contributed by atoms with E-state index in [0.29, 0.717) is 12.5 Å². The molecule has 0 radical (unpaired) electrons. The lowest BCUT2D eigenvalue weighted by molar-refractivity contribution is -0.137. The number of hydrogen-bond acceptors (Lipinski definition) is 4. The lowest BCUT2D eigenvalue weighted by Crippen LogP contribution is -2.48. The van der Waals surface area contributed by atoms with Gasteiger partial charge in [-0.15, -0.1) is 0 Å². The summed E-state index contributed by atoms with van der Waals surface area (Å²) in [7, 11) is -4.64. The van der Waals surface area contributed by atoms with Crippen molar-refractivity contribution in [2.24, 2.45) is 0 Å². The van der Waals surface area contributed by atoms with Gasteiger partial charge in [-0.2, -0.15) is 13.2 Å². The molecule has 1 heterocycles. The summed E-state index contributed by atoms with van der Waals surface area (Å²) in [5.74, 6) is -0.252.